The van der Waals surface area contributed by atoms with Gasteiger partial charge in [-0.05, 0) is 70.1 Å². The largest absolute Gasteiger partial charge is 0.465 e. The summed E-state index contributed by atoms with van der Waals surface area (Å²) in [4.78, 5) is 33.6. The third-order valence-corrected chi connectivity index (χ3v) is 7.98. The summed E-state index contributed by atoms with van der Waals surface area (Å²) in [6.45, 7) is 3.94. The number of nitrogens with zero attached hydrogens (tertiary/aromatic N) is 4. The van der Waals surface area contributed by atoms with Gasteiger partial charge in [0.05, 0.1) is 34.4 Å². The summed E-state index contributed by atoms with van der Waals surface area (Å²) in [5.41, 5.74) is 0.121. The molecular weight excluding hydrogens is 525 g/mol. The number of non-ortho nitro benzene ring substituents is 1. The van der Waals surface area contributed by atoms with E-state index in [9.17, 15) is 28.1 Å². The van der Waals surface area contributed by atoms with E-state index in [1.165, 1.54) is 56.7 Å². The number of hydrogen-bond acceptors (Lipinski definition) is 7. The monoisotopic (exact) mass is 556 g/mol. The van der Waals surface area contributed by atoms with Crippen LogP contribution in [-0.2, 0) is 17.5 Å². The van der Waals surface area contributed by atoms with Crippen LogP contribution in [0.15, 0.2) is 42.5 Å². The summed E-state index contributed by atoms with van der Waals surface area (Å²) in [5, 5.41) is 11.8. The lowest BCUT2D eigenvalue weighted by Gasteiger charge is -2.40. The molecule has 2 aliphatic rings. The average Bonchev–Trinajstić information content (AvgIpc) is 2.96. The van der Waals surface area contributed by atoms with Crippen LogP contribution in [0.5, 0.6) is 0 Å². The van der Waals surface area contributed by atoms with Crippen molar-refractivity contribution in [3.63, 3.8) is 0 Å². The number of esters is 1. The van der Waals surface area contributed by atoms with Crippen LogP contribution in [0, 0.1) is 10.1 Å². The van der Waals surface area contributed by atoms with Gasteiger partial charge in [0, 0.05) is 41.2 Å². The van der Waals surface area contributed by atoms with Gasteiger partial charge in [0.15, 0.2) is 0 Å². The number of methoxy groups -OCH3 is 1. The van der Waals surface area contributed by atoms with E-state index in [1.807, 2.05) is 0 Å². The summed E-state index contributed by atoms with van der Waals surface area (Å²) in [6, 6.07) is 9.27. The summed E-state index contributed by atoms with van der Waals surface area (Å²) in [7, 11) is 1.21. The maximum atomic E-state index is 13.6. The van der Waals surface area contributed by atoms with E-state index < -0.39 is 22.6 Å². The second-order valence-corrected chi connectivity index (χ2v) is 10.4. The molecule has 11 heteroatoms. The first-order chi connectivity index (χ1) is 19.2. The number of aromatic nitrogens is 1. The molecule has 2 aliphatic heterocycles. The molecule has 3 aromatic rings. The van der Waals surface area contributed by atoms with Crippen LogP contribution in [0.4, 0.5) is 18.9 Å². The molecule has 8 nitrogen and oxygen atoms in total. The van der Waals surface area contributed by atoms with Gasteiger partial charge in [-0.1, -0.05) is 18.6 Å². The van der Waals surface area contributed by atoms with Crippen molar-refractivity contribution in [2.24, 2.45) is 0 Å². The van der Waals surface area contributed by atoms with Gasteiger partial charge in [0.2, 0.25) is 0 Å². The van der Waals surface area contributed by atoms with Crippen LogP contribution >= 0.6 is 0 Å². The second kappa shape index (κ2) is 11.5. The van der Waals surface area contributed by atoms with Gasteiger partial charge in [-0.3, -0.25) is 15.0 Å². The van der Waals surface area contributed by atoms with E-state index in [0.29, 0.717) is 11.6 Å². The average molecular weight is 557 g/mol. The maximum Gasteiger partial charge on any atom is 0.416 e. The fourth-order valence-corrected chi connectivity index (χ4v) is 5.92. The molecule has 0 radical (unpaired) electrons. The zero-order valence-electron chi connectivity index (χ0n) is 22.2. The Bertz CT molecular complexity index is 1410. The van der Waals surface area contributed by atoms with Crippen LogP contribution in [-0.4, -0.2) is 65.0 Å². The number of carbonyl (C=O) groups excluding carboxylic acids is 1. The number of likely N-dealkylation sites (tertiary alicyclic amines) is 2. The summed E-state index contributed by atoms with van der Waals surface area (Å²) in [5.74, 6) is -0.723. The third-order valence-electron chi connectivity index (χ3n) is 7.98. The first kappa shape index (κ1) is 28.0. The first-order valence-electron chi connectivity index (χ1n) is 13.5. The van der Waals surface area contributed by atoms with Crippen molar-refractivity contribution in [3.8, 4) is 11.3 Å². The maximum absolute atomic E-state index is 13.6. The number of alkyl halides is 3. The quantitative estimate of drug-likeness (QED) is 0.207. The molecule has 0 aliphatic carbocycles. The van der Waals surface area contributed by atoms with Crippen molar-refractivity contribution in [1.82, 2.24) is 14.8 Å². The predicted octanol–water partition coefficient (Wildman–Crippen LogP) is 6.07. The van der Waals surface area contributed by atoms with Crippen molar-refractivity contribution < 1.29 is 27.6 Å². The Hall–Kier alpha value is -3.57. The molecule has 0 N–H and O–H groups in total. The molecule has 0 bridgehead atoms. The first-order valence-corrected chi connectivity index (χ1v) is 13.5. The zero-order valence-corrected chi connectivity index (χ0v) is 22.2. The van der Waals surface area contributed by atoms with Crippen molar-refractivity contribution >= 4 is 22.6 Å². The van der Waals surface area contributed by atoms with Crippen LogP contribution in [0.3, 0.4) is 0 Å². The van der Waals surface area contributed by atoms with Crippen LogP contribution in [0.2, 0.25) is 0 Å². The molecule has 0 atom stereocenters. The van der Waals surface area contributed by atoms with E-state index in [-0.39, 0.29) is 40.0 Å². The highest BCUT2D eigenvalue weighted by molar-refractivity contribution is 6.07. The molecule has 0 unspecified atom stereocenters. The molecule has 5 rings (SSSR count). The summed E-state index contributed by atoms with van der Waals surface area (Å²) < 4.78 is 45.9. The van der Waals surface area contributed by atoms with Crippen molar-refractivity contribution in [2.45, 2.75) is 50.9 Å². The Balaban J connectivity index is 1.60. The summed E-state index contributed by atoms with van der Waals surface area (Å²) >= 11 is 0. The van der Waals surface area contributed by atoms with Crippen molar-refractivity contribution in [2.75, 3.05) is 33.3 Å². The molecule has 212 valence electrons. The lowest BCUT2D eigenvalue weighted by molar-refractivity contribution is -0.384. The van der Waals surface area contributed by atoms with Crippen molar-refractivity contribution in [1.29, 1.82) is 0 Å². The number of benzene rings is 2. The van der Waals surface area contributed by atoms with Gasteiger partial charge in [-0.2, -0.15) is 13.2 Å². The van der Waals surface area contributed by atoms with Crippen molar-refractivity contribution in [3.05, 3.63) is 69.3 Å². The fraction of sp³-hybridized carbons (Fsp3) is 0.448. The van der Waals surface area contributed by atoms with Gasteiger partial charge in [0.1, 0.15) is 0 Å². The number of rotatable bonds is 6. The van der Waals surface area contributed by atoms with Gasteiger partial charge in [-0.15, -0.1) is 0 Å². The Morgan fingerprint density at radius 3 is 2.45 bits per heavy atom. The van der Waals surface area contributed by atoms with Gasteiger partial charge in [-0.25, -0.2) is 9.78 Å². The zero-order chi connectivity index (χ0) is 28.4. The van der Waals surface area contributed by atoms with Gasteiger partial charge < -0.3 is 9.64 Å². The number of nitro groups is 1. The van der Waals surface area contributed by atoms with Crippen LogP contribution < -0.4 is 0 Å². The minimum atomic E-state index is -4.56. The number of hydrogen-bond donors (Lipinski definition) is 0. The molecule has 3 heterocycles. The molecule has 0 amide bonds. The Labute approximate surface area is 229 Å². The lowest BCUT2D eigenvalue weighted by atomic mass is 9.94. The third kappa shape index (κ3) is 5.80. The Kier molecular flexibility index (Phi) is 8.04. The number of halogens is 3. The topological polar surface area (TPSA) is 88.8 Å². The predicted molar refractivity (Wildman–Crippen MR) is 144 cm³/mol. The Morgan fingerprint density at radius 2 is 1.80 bits per heavy atom. The highest BCUT2D eigenvalue weighted by Crippen LogP contribution is 2.37. The number of fused-ring (bicyclic) bond motifs is 1. The van der Waals surface area contributed by atoms with E-state index in [1.54, 1.807) is 0 Å². The molecule has 0 saturated carbocycles. The number of carbonyl (C=O) groups is 1. The normalized spacial score (nSPS) is 17.7. The number of ether oxygens (including phenoxy) is 1. The Morgan fingerprint density at radius 1 is 1.07 bits per heavy atom. The molecule has 40 heavy (non-hydrogen) atoms. The van der Waals surface area contributed by atoms with E-state index in [2.05, 4.69) is 14.8 Å². The van der Waals surface area contributed by atoms with Crippen LogP contribution in [0.1, 0.15) is 53.6 Å². The molecule has 2 fully saturated rings. The standard InChI is InChI=1S/C29H31F3N4O4/c1-40-28(37)26-23-17-22(36(38)39)8-9-25(23)33-27(19-6-5-7-20(16-19)29(30,31)32)24(26)18-34-14-10-21(11-15-34)35-12-3-2-4-13-35/h5-9,16-17,21H,2-4,10-15,18H2,1H3. The van der Waals surface area contributed by atoms with E-state index in [4.69, 9.17) is 4.74 Å². The number of pyridine rings is 1. The number of piperidine rings is 2. The molecular formula is C29H31F3N4O4. The fourth-order valence-electron chi connectivity index (χ4n) is 5.92. The smallest absolute Gasteiger partial charge is 0.416 e. The van der Waals surface area contributed by atoms with Gasteiger partial charge in [0.25, 0.3) is 5.69 Å². The number of nitro benzene ring substituents is 1. The van der Waals surface area contributed by atoms with Gasteiger partial charge >= 0.3 is 12.1 Å². The van der Waals surface area contributed by atoms with E-state index >= 15 is 0 Å². The molecule has 2 saturated heterocycles. The minimum Gasteiger partial charge on any atom is -0.465 e. The molecule has 2 aromatic carbocycles. The van der Waals surface area contributed by atoms with E-state index in [0.717, 1.165) is 51.2 Å². The highest BCUT2D eigenvalue weighted by Gasteiger charge is 2.32. The second-order valence-electron chi connectivity index (χ2n) is 10.4. The van der Waals surface area contributed by atoms with Crippen LogP contribution in [0.25, 0.3) is 22.2 Å². The SMILES string of the molecule is COC(=O)c1c(CN2CCC(N3CCCCC3)CC2)c(-c2cccc(C(F)(F)F)c2)nc2ccc([N+](=O)[O-])cc12. The lowest BCUT2D eigenvalue weighted by Crippen LogP contribution is -2.46. The highest BCUT2D eigenvalue weighted by atomic mass is 19.4. The minimum absolute atomic E-state index is 0.0850. The molecule has 1 aromatic heterocycles. The summed E-state index contributed by atoms with van der Waals surface area (Å²) in [6.07, 6.45) is 1.000. The molecule has 0 spiro atoms.